The largest absolute Gasteiger partial charge is 0.358 e. The first-order chi connectivity index (χ1) is 10.0. The molecule has 0 saturated carbocycles. The zero-order valence-corrected chi connectivity index (χ0v) is 12.9. The summed E-state index contributed by atoms with van der Waals surface area (Å²) < 4.78 is 1.82. The van der Waals surface area contributed by atoms with Gasteiger partial charge in [-0.3, -0.25) is 19.2 Å². The molecule has 1 aromatic rings. The molecule has 1 N–H and O–H groups in total. The Morgan fingerprint density at radius 1 is 1.43 bits per heavy atom. The molecule has 2 rings (SSSR count). The molecule has 21 heavy (non-hydrogen) atoms. The highest BCUT2D eigenvalue weighted by atomic mass is 16.2. The van der Waals surface area contributed by atoms with E-state index >= 15 is 0 Å². The normalized spacial score (nSPS) is 19.6. The van der Waals surface area contributed by atoms with Gasteiger partial charge in [0.15, 0.2) is 0 Å². The molecule has 0 aromatic carbocycles. The van der Waals surface area contributed by atoms with Crippen LogP contribution in [0.4, 0.5) is 0 Å². The van der Waals surface area contributed by atoms with Crippen LogP contribution in [0.15, 0.2) is 12.3 Å². The summed E-state index contributed by atoms with van der Waals surface area (Å²) in [6.45, 7) is 4.38. The van der Waals surface area contributed by atoms with Crippen molar-refractivity contribution in [2.24, 2.45) is 0 Å². The van der Waals surface area contributed by atoms with Gasteiger partial charge in [0.05, 0.1) is 0 Å². The Hall–Kier alpha value is -1.89. The molecule has 1 aliphatic rings. The number of aromatic nitrogens is 2. The molecule has 7 nitrogen and oxygen atoms in total. The van der Waals surface area contributed by atoms with Gasteiger partial charge in [-0.15, -0.1) is 0 Å². The zero-order valence-electron chi connectivity index (χ0n) is 12.9. The number of nitrogens with zero attached hydrogens (tertiary/aromatic N) is 4. The highest BCUT2D eigenvalue weighted by molar-refractivity contribution is 5.83. The fourth-order valence-electron chi connectivity index (χ4n) is 2.54. The molecule has 0 aliphatic carbocycles. The zero-order chi connectivity index (χ0) is 15.4. The summed E-state index contributed by atoms with van der Waals surface area (Å²) in [4.78, 5) is 27.9. The molecule has 1 atom stereocenters. The third-order valence-corrected chi connectivity index (χ3v) is 4.02. The maximum Gasteiger partial charge on any atom is 0.238 e. The molecule has 1 unspecified atom stereocenters. The van der Waals surface area contributed by atoms with Crippen molar-refractivity contribution in [1.82, 2.24) is 24.9 Å². The van der Waals surface area contributed by atoms with E-state index in [1.165, 1.54) is 0 Å². The molecule has 0 radical (unpaired) electrons. The number of piperazine rings is 1. The number of carbonyl (C=O) groups excluding carboxylic acids is 2. The molecular formula is C14H23N5O2. The first-order valence-electron chi connectivity index (χ1n) is 7.21. The monoisotopic (exact) mass is 293 g/mol. The Labute approximate surface area is 124 Å². The lowest BCUT2D eigenvalue weighted by Crippen LogP contribution is -2.58. The number of nitrogens with one attached hydrogen (secondary N) is 1. The van der Waals surface area contributed by atoms with Gasteiger partial charge in [-0.1, -0.05) is 0 Å². The van der Waals surface area contributed by atoms with Crippen molar-refractivity contribution in [3.05, 3.63) is 18.0 Å². The van der Waals surface area contributed by atoms with Crippen LogP contribution in [0.3, 0.4) is 0 Å². The van der Waals surface area contributed by atoms with Gasteiger partial charge in [0.25, 0.3) is 0 Å². The van der Waals surface area contributed by atoms with E-state index in [1.807, 2.05) is 29.6 Å². The molecule has 2 amide bonds. The molecule has 7 heteroatoms. The Morgan fingerprint density at radius 2 is 2.19 bits per heavy atom. The second-order valence-corrected chi connectivity index (χ2v) is 5.40. The summed E-state index contributed by atoms with van der Waals surface area (Å²) in [5.41, 5.74) is 1.05. The van der Waals surface area contributed by atoms with Crippen molar-refractivity contribution in [3.8, 4) is 0 Å². The number of rotatable bonds is 4. The summed E-state index contributed by atoms with van der Waals surface area (Å²) in [7, 11) is 3.53. The van der Waals surface area contributed by atoms with Crippen molar-refractivity contribution in [1.29, 1.82) is 0 Å². The number of amides is 2. The lowest BCUT2D eigenvalue weighted by atomic mass is 10.1. The maximum absolute atomic E-state index is 12.3. The maximum atomic E-state index is 12.3. The number of hydrogen-bond acceptors (Lipinski definition) is 4. The van der Waals surface area contributed by atoms with Crippen molar-refractivity contribution in [3.63, 3.8) is 0 Å². The molecule has 1 saturated heterocycles. The van der Waals surface area contributed by atoms with E-state index in [-0.39, 0.29) is 17.9 Å². The summed E-state index contributed by atoms with van der Waals surface area (Å²) >= 11 is 0. The summed E-state index contributed by atoms with van der Waals surface area (Å²) in [5, 5.41) is 6.83. The highest BCUT2D eigenvalue weighted by Crippen LogP contribution is 2.10. The van der Waals surface area contributed by atoms with Gasteiger partial charge in [0, 0.05) is 51.5 Å². The van der Waals surface area contributed by atoms with Gasteiger partial charge < -0.3 is 10.2 Å². The van der Waals surface area contributed by atoms with Crippen LogP contribution < -0.4 is 5.32 Å². The van der Waals surface area contributed by atoms with E-state index in [1.54, 1.807) is 18.1 Å². The van der Waals surface area contributed by atoms with Gasteiger partial charge in [-0.25, -0.2) is 0 Å². The fraction of sp³-hybridized carbons (Fsp3) is 0.643. The Bertz CT molecular complexity index is 513. The Balaban J connectivity index is 1.90. The van der Waals surface area contributed by atoms with Gasteiger partial charge in [-0.05, 0) is 20.0 Å². The third kappa shape index (κ3) is 3.60. The van der Waals surface area contributed by atoms with Crippen LogP contribution in [0.5, 0.6) is 0 Å². The first-order valence-corrected chi connectivity index (χ1v) is 7.21. The predicted octanol–water partition coefficient (Wildman–Crippen LogP) is -0.530. The molecule has 2 heterocycles. The van der Waals surface area contributed by atoms with E-state index in [9.17, 15) is 9.59 Å². The Morgan fingerprint density at radius 3 is 2.81 bits per heavy atom. The van der Waals surface area contributed by atoms with Gasteiger partial charge in [-0.2, -0.15) is 5.10 Å². The van der Waals surface area contributed by atoms with Crippen molar-refractivity contribution < 1.29 is 9.59 Å². The molecular weight excluding hydrogens is 270 g/mol. The molecule has 0 bridgehead atoms. The third-order valence-electron chi connectivity index (χ3n) is 4.02. The van der Waals surface area contributed by atoms with Gasteiger partial charge >= 0.3 is 0 Å². The standard InChI is InChI=1S/C14H23N5O2/c1-11-4-6-16-19(11)7-5-13(20)18-9-8-17(3)12(10-18)14(21)15-2/h4,6,12H,5,7-10H2,1-3H3,(H,15,21). The van der Waals surface area contributed by atoms with Crippen LogP contribution in [-0.4, -0.2) is 71.2 Å². The lowest BCUT2D eigenvalue weighted by Gasteiger charge is -2.38. The number of aryl methyl sites for hydroxylation is 2. The van der Waals surface area contributed by atoms with E-state index in [2.05, 4.69) is 10.4 Å². The second-order valence-electron chi connectivity index (χ2n) is 5.40. The average molecular weight is 293 g/mol. The van der Waals surface area contributed by atoms with Crippen LogP contribution in [0.2, 0.25) is 0 Å². The summed E-state index contributed by atoms with van der Waals surface area (Å²) in [6.07, 6.45) is 2.14. The lowest BCUT2D eigenvalue weighted by molar-refractivity contribution is -0.137. The smallest absolute Gasteiger partial charge is 0.238 e. The SMILES string of the molecule is CNC(=O)C1CN(C(=O)CCn2nccc2C)CCN1C. The summed E-state index contributed by atoms with van der Waals surface area (Å²) in [5.74, 6) is 0.0322. The van der Waals surface area contributed by atoms with E-state index in [4.69, 9.17) is 0 Å². The van der Waals surface area contributed by atoms with Crippen molar-refractivity contribution in [2.75, 3.05) is 33.7 Å². The number of carbonyl (C=O) groups is 2. The van der Waals surface area contributed by atoms with E-state index in [0.29, 0.717) is 32.6 Å². The Kier molecular flexibility index (Phi) is 4.95. The topological polar surface area (TPSA) is 70.5 Å². The minimum absolute atomic E-state index is 0.0436. The fourth-order valence-corrected chi connectivity index (χ4v) is 2.54. The summed E-state index contributed by atoms with van der Waals surface area (Å²) in [6, 6.07) is 1.65. The molecule has 1 aromatic heterocycles. The molecule has 116 valence electrons. The van der Waals surface area contributed by atoms with Gasteiger partial charge in [0.1, 0.15) is 6.04 Å². The quantitative estimate of drug-likeness (QED) is 0.810. The average Bonchev–Trinajstić information content (AvgIpc) is 2.89. The molecule has 1 aliphatic heterocycles. The molecule has 0 spiro atoms. The van der Waals surface area contributed by atoms with Crippen LogP contribution in [0.1, 0.15) is 12.1 Å². The first kappa shape index (κ1) is 15.5. The minimum Gasteiger partial charge on any atom is -0.358 e. The van der Waals surface area contributed by atoms with E-state index in [0.717, 1.165) is 5.69 Å². The highest BCUT2D eigenvalue weighted by Gasteiger charge is 2.31. The van der Waals surface area contributed by atoms with Gasteiger partial charge in [0.2, 0.25) is 11.8 Å². The van der Waals surface area contributed by atoms with Crippen LogP contribution in [0.25, 0.3) is 0 Å². The van der Waals surface area contributed by atoms with Crippen molar-refractivity contribution in [2.45, 2.75) is 25.9 Å². The predicted molar refractivity (Wildman–Crippen MR) is 78.6 cm³/mol. The number of likely N-dealkylation sites (N-methyl/N-ethyl adjacent to an activating group) is 2. The van der Waals surface area contributed by atoms with Crippen LogP contribution in [0, 0.1) is 6.92 Å². The van der Waals surface area contributed by atoms with Crippen molar-refractivity contribution >= 4 is 11.8 Å². The van der Waals surface area contributed by atoms with Crippen LogP contribution >= 0.6 is 0 Å². The number of hydrogen-bond donors (Lipinski definition) is 1. The second kappa shape index (κ2) is 6.71. The van der Waals surface area contributed by atoms with Crippen LogP contribution in [-0.2, 0) is 16.1 Å². The minimum atomic E-state index is -0.265. The molecule has 1 fully saturated rings. The van der Waals surface area contributed by atoms with E-state index < -0.39 is 0 Å².